The van der Waals surface area contributed by atoms with E-state index in [2.05, 4.69) is 26.1 Å². The molecular weight excluding hydrogens is 240 g/mol. The van der Waals surface area contributed by atoms with Crippen molar-refractivity contribution >= 4 is 27.7 Å². The summed E-state index contributed by atoms with van der Waals surface area (Å²) in [5.41, 5.74) is 0. The Morgan fingerprint density at radius 3 is 3.17 bits per heavy atom. The molecule has 0 spiro atoms. The van der Waals surface area contributed by atoms with Crippen LogP contribution in [0.2, 0.25) is 0 Å². The van der Waals surface area contributed by atoms with E-state index in [-0.39, 0.29) is 0 Å². The first-order valence-corrected chi connectivity index (χ1v) is 5.85. The smallest absolute Gasteiger partial charge is 0.293 e. The summed E-state index contributed by atoms with van der Waals surface area (Å²) in [4.78, 5) is 4.59. The molecule has 1 fully saturated rings. The number of thioether (sulfide) groups is 1. The normalized spacial score (nSPS) is 23.2. The van der Waals surface area contributed by atoms with E-state index in [4.69, 9.17) is 4.52 Å². The van der Waals surface area contributed by atoms with Gasteiger partial charge in [-0.3, -0.25) is 0 Å². The van der Waals surface area contributed by atoms with Gasteiger partial charge in [0.1, 0.15) is 0 Å². The Kier molecular flexibility index (Phi) is 2.70. The third-order valence-corrected chi connectivity index (χ3v) is 3.49. The van der Waals surface area contributed by atoms with Gasteiger partial charge in [0.15, 0.2) is 5.82 Å². The van der Waals surface area contributed by atoms with Gasteiger partial charge in [-0.05, 0) is 23.8 Å². The Balaban J connectivity index is 1.94. The van der Waals surface area contributed by atoms with Crippen molar-refractivity contribution in [1.82, 2.24) is 10.1 Å². The van der Waals surface area contributed by atoms with Crippen LogP contribution >= 0.6 is 27.7 Å². The van der Waals surface area contributed by atoms with Crippen LogP contribution in [0.15, 0.2) is 9.32 Å². The third kappa shape index (κ3) is 2.01. The van der Waals surface area contributed by atoms with Crippen molar-refractivity contribution in [3.63, 3.8) is 0 Å². The number of halogens is 1. The van der Waals surface area contributed by atoms with E-state index >= 15 is 0 Å². The number of hydrogen-bond acceptors (Lipinski definition) is 4. The molecule has 2 rings (SSSR count). The number of rotatable bonds is 2. The lowest BCUT2D eigenvalue weighted by Gasteiger charge is -2.01. The van der Waals surface area contributed by atoms with E-state index in [1.165, 1.54) is 17.9 Å². The van der Waals surface area contributed by atoms with Gasteiger partial charge in [-0.15, -0.1) is 0 Å². The van der Waals surface area contributed by atoms with Gasteiger partial charge in [0, 0.05) is 22.4 Å². The topological polar surface area (TPSA) is 38.9 Å². The van der Waals surface area contributed by atoms with Crippen molar-refractivity contribution < 1.29 is 4.52 Å². The quantitative estimate of drug-likeness (QED) is 0.804. The largest absolute Gasteiger partial charge is 0.327 e. The molecule has 0 bridgehead atoms. The maximum Gasteiger partial charge on any atom is 0.293 e. The molecule has 1 aliphatic rings. The summed E-state index contributed by atoms with van der Waals surface area (Å²) in [5, 5.41) is 3.84. The average Bonchev–Trinajstić information content (AvgIpc) is 2.63. The summed E-state index contributed by atoms with van der Waals surface area (Å²) < 4.78 is 4.82. The lowest BCUT2D eigenvalue weighted by atomic mass is 10.1. The van der Waals surface area contributed by atoms with E-state index in [1.54, 1.807) is 0 Å². The van der Waals surface area contributed by atoms with Crippen LogP contribution in [0, 0.1) is 5.92 Å². The van der Waals surface area contributed by atoms with Gasteiger partial charge in [-0.25, -0.2) is 0 Å². The van der Waals surface area contributed by atoms with Crippen LogP contribution < -0.4 is 0 Å². The van der Waals surface area contributed by atoms with Gasteiger partial charge < -0.3 is 4.52 Å². The summed E-state index contributed by atoms with van der Waals surface area (Å²) in [5.74, 6) is 4.10. The monoisotopic (exact) mass is 248 g/mol. The molecule has 3 nitrogen and oxygen atoms in total. The van der Waals surface area contributed by atoms with Gasteiger partial charge in [0.25, 0.3) is 4.80 Å². The highest BCUT2D eigenvalue weighted by molar-refractivity contribution is 9.10. The van der Waals surface area contributed by atoms with E-state index in [9.17, 15) is 0 Å². The summed E-state index contributed by atoms with van der Waals surface area (Å²) in [6.45, 7) is 0. The second-order valence-corrected chi connectivity index (χ2v) is 4.73. The van der Waals surface area contributed by atoms with Crippen molar-refractivity contribution in [1.29, 1.82) is 0 Å². The van der Waals surface area contributed by atoms with Gasteiger partial charge in [-0.1, -0.05) is 5.16 Å². The first kappa shape index (κ1) is 8.56. The average molecular weight is 249 g/mol. The highest BCUT2D eigenvalue weighted by Crippen LogP contribution is 2.25. The van der Waals surface area contributed by atoms with Crippen LogP contribution in [0.5, 0.6) is 0 Å². The Hall–Kier alpha value is -0.0300. The van der Waals surface area contributed by atoms with Crippen LogP contribution in [-0.2, 0) is 6.42 Å². The molecule has 0 radical (unpaired) electrons. The Bertz CT molecular complexity index is 260. The van der Waals surface area contributed by atoms with Gasteiger partial charge in [0.2, 0.25) is 0 Å². The zero-order valence-electron chi connectivity index (χ0n) is 6.49. The maximum atomic E-state index is 4.82. The lowest BCUT2D eigenvalue weighted by molar-refractivity contribution is 0.386. The standard InChI is InChI=1S/C7H9BrN2OS/c8-7-9-6(10-11-7)3-5-1-2-12-4-5/h5H,1-4H2. The third-order valence-electron chi connectivity index (χ3n) is 1.94. The fourth-order valence-electron chi connectivity index (χ4n) is 1.32. The second-order valence-electron chi connectivity index (χ2n) is 2.90. The maximum absolute atomic E-state index is 4.82. The van der Waals surface area contributed by atoms with Crippen molar-refractivity contribution in [3.8, 4) is 0 Å². The summed E-state index contributed by atoms with van der Waals surface area (Å²) >= 11 is 5.15. The molecule has 66 valence electrons. The highest BCUT2D eigenvalue weighted by atomic mass is 79.9. The molecule has 0 aliphatic carbocycles. The number of aromatic nitrogens is 2. The van der Waals surface area contributed by atoms with Crippen LogP contribution in [0.1, 0.15) is 12.2 Å². The zero-order valence-corrected chi connectivity index (χ0v) is 8.90. The van der Waals surface area contributed by atoms with Crippen molar-refractivity contribution in [2.45, 2.75) is 12.8 Å². The van der Waals surface area contributed by atoms with Crippen LogP contribution in [-0.4, -0.2) is 21.6 Å². The minimum absolute atomic E-state index is 0.489. The van der Waals surface area contributed by atoms with Crippen molar-refractivity contribution in [2.24, 2.45) is 5.92 Å². The lowest BCUT2D eigenvalue weighted by Crippen LogP contribution is -2.03. The Morgan fingerprint density at radius 2 is 2.58 bits per heavy atom. The van der Waals surface area contributed by atoms with Gasteiger partial charge >= 0.3 is 0 Å². The molecule has 0 saturated carbocycles. The minimum Gasteiger partial charge on any atom is -0.327 e. The molecule has 1 atom stereocenters. The fourth-order valence-corrected chi connectivity index (χ4v) is 2.88. The minimum atomic E-state index is 0.489. The molecule has 0 amide bonds. The summed E-state index contributed by atoms with van der Waals surface area (Å²) in [7, 11) is 0. The molecule has 0 N–H and O–H groups in total. The molecule has 1 aliphatic heterocycles. The summed E-state index contributed by atoms with van der Waals surface area (Å²) in [6, 6.07) is 0. The predicted molar refractivity (Wildman–Crippen MR) is 51.1 cm³/mol. The molecule has 2 heterocycles. The van der Waals surface area contributed by atoms with E-state index < -0.39 is 0 Å². The van der Waals surface area contributed by atoms with Crippen LogP contribution in [0.4, 0.5) is 0 Å². The first-order chi connectivity index (χ1) is 5.84. The number of hydrogen-bond donors (Lipinski definition) is 0. The van der Waals surface area contributed by atoms with Crippen molar-refractivity contribution in [3.05, 3.63) is 10.6 Å². The molecule has 0 aromatic carbocycles. The van der Waals surface area contributed by atoms with Crippen LogP contribution in [0.25, 0.3) is 0 Å². The van der Waals surface area contributed by atoms with E-state index in [1.807, 2.05) is 11.8 Å². The highest BCUT2D eigenvalue weighted by Gasteiger charge is 2.18. The molecule has 1 aromatic heterocycles. The molecule has 1 aromatic rings. The molecule has 1 saturated heterocycles. The number of nitrogens with zero attached hydrogens (tertiary/aromatic N) is 2. The first-order valence-electron chi connectivity index (χ1n) is 3.90. The van der Waals surface area contributed by atoms with Crippen LogP contribution in [0.3, 0.4) is 0 Å². The zero-order chi connectivity index (χ0) is 8.39. The molecule has 1 unspecified atom stereocenters. The Morgan fingerprint density at radius 1 is 1.67 bits per heavy atom. The second kappa shape index (κ2) is 3.79. The van der Waals surface area contributed by atoms with Crippen molar-refractivity contribution in [2.75, 3.05) is 11.5 Å². The SMILES string of the molecule is Brc1nc(CC2CCSC2)no1. The summed E-state index contributed by atoms with van der Waals surface area (Å²) in [6.07, 6.45) is 2.25. The molecular formula is C7H9BrN2OS. The van der Waals surface area contributed by atoms with E-state index in [0.717, 1.165) is 18.2 Å². The van der Waals surface area contributed by atoms with Gasteiger partial charge in [-0.2, -0.15) is 16.7 Å². The van der Waals surface area contributed by atoms with Gasteiger partial charge in [0.05, 0.1) is 0 Å². The predicted octanol–water partition coefficient (Wildman–Crippen LogP) is 2.13. The fraction of sp³-hybridized carbons (Fsp3) is 0.714. The molecule has 5 heteroatoms. The van der Waals surface area contributed by atoms with E-state index in [0.29, 0.717) is 4.80 Å². The Labute approximate surface area is 83.4 Å². The molecule has 12 heavy (non-hydrogen) atoms.